The lowest BCUT2D eigenvalue weighted by molar-refractivity contribution is -0.0867. The minimum absolute atomic E-state index is 0.0266. The lowest BCUT2D eigenvalue weighted by atomic mass is 9.76. The van der Waals surface area contributed by atoms with Gasteiger partial charge in [0.25, 0.3) is 15.6 Å². The molecule has 4 aromatic rings. The van der Waals surface area contributed by atoms with Gasteiger partial charge in [-0.1, -0.05) is 16.8 Å². The molecule has 1 N–H and O–H groups in total. The molecule has 8 nitrogen and oxygen atoms in total. The number of methoxy groups -OCH3 is 1. The van der Waals surface area contributed by atoms with E-state index in [1.807, 2.05) is 0 Å². The van der Waals surface area contributed by atoms with E-state index in [-0.39, 0.29) is 34.3 Å². The zero-order chi connectivity index (χ0) is 25.0. The van der Waals surface area contributed by atoms with Crippen LogP contribution in [0.1, 0.15) is 24.3 Å². The van der Waals surface area contributed by atoms with Crippen molar-refractivity contribution in [2.75, 3.05) is 11.8 Å². The molecule has 0 aliphatic heterocycles. The highest BCUT2D eigenvalue weighted by atomic mass is 35.5. The van der Waals surface area contributed by atoms with Crippen LogP contribution in [0.25, 0.3) is 16.6 Å². The first-order valence-corrected chi connectivity index (χ1v) is 12.3. The molecule has 1 fully saturated rings. The van der Waals surface area contributed by atoms with Gasteiger partial charge in [0.2, 0.25) is 5.92 Å². The number of nitrogens with zero attached hydrogens (tertiary/aromatic N) is 2. The van der Waals surface area contributed by atoms with Crippen LogP contribution in [0.2, 0.25) is 5.02 Å². The van der Waals surface area contributed by atoms with Crippen LogP contribution in [0, 0.1) is 0 Å². The lowest BCUT2D eigenvalue weighted by Gasteiger charge is -2.36. The van der Waals surface area contributed by atoms with E-state index in [4.69, 9.17) is 16.3 Å². The van der Waals surface area contributed by atoms with E-state index < -0.39 is 27.4 Å². The molecule has 0 spiro atoms. The number of rotatable bonds is 6. The summed E-state index contributed by atoms with van der Waals surface area (Å²) in [6.07, 6.45) is 0.628. The maximum absolute atomic E-state index is 13.4. The number of fused-ring (bicyclic) bond motifs is 1. The molecule has 1 saturated carbocycles. The van der Waals surface area contributed by atoms with Crippen LogP contribution in [0.15, 0.2) is 69.0 Å². The number of nitrogens with one attached hydrogen (secondary N) is 1. The van der Waals surface area contributed by atoms with Crippen molar-refractivity contribution in [3.63, 3.8) is 0 Å². The van der Waals surface area contributed by atoms with Gasteiger partial charge in [-0.2, -0.15) is 0 Å². The highest BCUT2D eigenvalue weighted by molar-refractivity contribution is 7.92. The fourth-order valence-electron chi connectivity index (χ4n) is 4.19. The topological polar surface area (TPSA) is 103 Å². The maximum Gasteiger partial charge on any atom is 0.263 e. The number of aromatic nitrogens is 2. The number of hydrogen-bond acceptors (Lipinski definition) is 6. The molecule has 0 atom stereocenters. The van der Waals surface area contributed by atoms with Crippen LogP contribution < -0.4 is 15.0 Å². The van der Waals surface area contributed by atoms with Crippen LogP contribution in [0.4, 0.5) is 14.6 Å². The Bertz CT molecular complexity index is 1600. The lowest BCUT2D eigenvalue weighted by Crippen LogP contribution is -2.33. The van der Waals surface area contributed by atoms with Gasteiger partial charge in [-0.3, -0.25) is 14.1 Å². The third kappa shape index (κ3) is 4.25. The van der Waals surface area contributed by atoms with Gasteiger partial charge in [0.15, 0.2) is 5.82 Å². The summed E-state index contributed by atoms with van der Waals surface area (Å²) in [6.45, 7) is 0. The van der Waals surface area contributed by atoms with Crippen molar-refractivity contribution in [3.8, 4) is 11.4 Å². The number of anilines is 1. The van der Waals surface area contributed by atoms with Gasteiger partial charge >= 0.3 is 0 Å². The molecule has 2 heterocycles. The monoisotopic (exact) mass is 521 g/mol. The van der Waals surface area contributed by atoms with E-state index in [0.717, 1.165) is 0 Å². The van der Waals surface area contributed by atoms with Gasteiger partial charge in [0, 0.05) is 35.4 Å². The Morgan fingerprint density at radius 3 is 2.60 bits per heavy atom. The van der Waals surface area contributed by atoms with Crippen molar-refractivity contribution in [2.24, 2.45) is 0 Å². The summed E-state index contributed by atoms with van der Waals surface area (Å²) in [7, 11) is -2.56. The molecule has 1 aliphatic rings. The molecular weight excluding hydrogens is 504 g/mol. The number of ether oxygens (including phenoxy) is 1. The van der Waals surface area contributed by atoms with Gasteiger partial charge < -0.3 is 9.26 Å². The van der Waals surface area contributed by atoms with Gasteiger partial charge in [-0.15, -0.1) is 0 Å². The first-order valence-electron chi connectivity index (χ1n) is 10.4. The maximum atomic E-state index is 13.4. The highest BCUT2D eigenvalue weighted by Gasteiger charge is 2.46. The highest BCUT2D eigenvalue weighted by Crippen LogP contribution is 2.51. The van der Waals surface area contributed by atoms with E-state index >= 15 is 0 Å². The van der Waals surface area contributed by atoms with Crippen molar-refractivity contribution in [1.82, 2.24) is 9.72 Å². The van der Waals surface area contributed by atoms with Crippen LogP contribution in [0.3, 0.4) is 0 Å². The summed E-state index contributed by atoms with van der Waals surface area (Å²) >= 11 is 6.45. The zero-order valence-corrected chi connectivity index (χ0v) is 19.7. The summed E-state index contributed by atoms with van der Waals surface area (Å²) in [5.41, 5.74) is 0.819. The number of sulfonamides is 1. The summed E-state index contributed by atoms with van der Waals surface area (Å²) in [5.74, 6) is -2.82. The minimum Gasteiger partial charge on any atom is -0.495 e. The molecular formula is C23H18ClF2N3O5S. The van der Waals surface area contributed by atoms with E-state index in [1.165, 1.54) is 60.4 Å². The predicted octanol–water partition coefficient (Wildman–Crippen LogP) is 4.95. The Morgan fingerprint density at radius 2 is 1.94 bits per heavy atom. The Hall–Kier alpha value is -3.44. The second-order valence-electron chi connectivity index (χ2n) is 8.22. The van der Waals surface area contributed by atoms with Gasteiger partial charge in [0.05, 0.1) is 23.2 Å². The van der Waals surface area contributed by atoms with Gasteiger partial charge in [-0.05, 0) is 47.9 Å². The van der Waals surface area contributed by atoms with Crippen LogP contribution in [0.5, 0.6) is 5.75 Å². The Labute approximate surface area is 203 Å². The second-order valence-corrected chi connectivity index (χ2v) is 10.3. The van der Waals surface area contributed by atoms with Crippen molar-refractivity contribution >= 4 is 38.3 Å². The van der Waals surface area contributed by atoms with Crippen LogP contribution >= 0.6 is 11.6 Å². The Morgan fingerprint density at radius 1 is 1.17 bits per heavy atom. The summed E-state index contributed by atoms with van der Waals surface area (Å²) in [4.78, 5) is 12.8. The van der Waals surface area contributed by atoms with Gasteiger partial charge in [0.1, 0.15) is 12.0 Å². The van der Waals surface area contributed by atoms with E-state index in [0.29, 0.717) is 22.2 Å². The number of hydrogen-bond donors (Lipinski definition) is 1. The fraction of sp³-hybridized carbons (Fsp3) is 0.217. The van der Waals surface area contributed by atoms with Gasteiger partial charge in [-0.25, -0.2) is 17.2 Å². The first-order chi connectivity index (χ1) is 16.6. The van der Waals surface area contributed by atoms with Crippen LogP contribution in [-0.4, -0.2) is 31.2 Å². The number of benzene rings is 2. The van der Waals surface area contributed by atoms with Crippen LogP contribution in [-0.2, 0) is 10.0 Å². The SMILES string of the molecule is COc1cc(C2CC(F)(F)C2)c(Cl)cc1-n1c(=O)ccc2cc(S(=O)(=O)Nc3ccon3)ccc21. The molecule has 0 bridgehead atoms. The average molecular weight is 522 g/mol. The molecule has 2 aromatic heterocycles. The van der Waals surface area contributed by atoms with Crippen molar-refractivity contribution in [1.29, 1.82) is 0 Å². The molecule has 2 aromatic carbocycles. The summed E-state index contributed by atoms with van der Waals surface area (Å²) < 4.78 is 66.1. The number of halogens is 3. The molecule has 0 unspecified atom stereocenters. The number of alkyl halides is 2. The molecule has 0 amide bonds. The van der Waals surface area contributed by atoms with E-state index in [9.17, 15) is 22.0 Å². The molecule has 1 aliphatic carbocycles. The third-order valence-corrected chi connectivity index (χ3v) is 7.60. The van der Waals surface area contributed by atoms with Crippen molar-refractivity contribution in [2.45, 2.75) is 29.6 Å². The molecule has 12 heteroatoms. The minimum atomic E-state index is -3.97. The quantitative estimate of drug-likeness (QED) is 0.385. The van der Waals surface area contributed by atoms with Crippen molar-refractivity contribution in [3.05, 3.63) is 75.7 Å². The summed E-state index contributed by atoms with van der Waals surface area (Å²) in [6, 6.07) is 11.5. The molecule has 0 radical (unpaired) electrons. The second kappa shape index (κ2) is 8.35. The van der Waals surface area contributed by atoms with E-state index in [1.54, 1.807) is 6.07 Å². The Kier molecular flexibility index (Phi) is 5.56. The number of pyridine rings is 1. The largest absolute Gasteiger partial charge is 0.495 e. The summed E-state index contributed by atoms with van der Waals surface area (Å²) in [5, 5.41) is 4.23. The smallest absolute Gasteiger partial charge is 0.263 e. The van der Waals surface area contributed by atoms with E-state index in [2.05, 4.69) is 14.4 Å². The molecule has 182 valence electrons. The predicted molar refractivity (Wildman–Crippen MR) is 125 cm³/mol. The zero-order valence-electron chi connectivity index (χ0n) is 18.2. The Balaban J connectivity index is 1.60. The van der Waals surface area contributed by atoms with Crippen molar-refractivity contribution < 1.29 is 26.5 Å². The standard InChI is InChI=1S/C23H18ClF2N3O5S/c1-33-20-9-16(14-11-23(25,26)12-14)17(24)10-19(20)29-18-4-3-15(8-13(18)2-5-22(29)30)35(31,32)28-21-6-7-34-27-21/h2-10,14H,11-12H2,1H3,(H,27,28). The average Bonchev–Trinajstić information content (AvgIpc) is 3.29. The normalized spacial score (nSPS) is 15.7. The molecule has 0 saturated heterocycles. The first kappa shape index (κ1) is 23.3. The third-order valence-electron chi connectivity index (χ3n) is 5.92. The molecule has 35 heavy (non-hydrogen) atoms. The fourth-order valence-corrected chi connectivity index (χ4v) is 5.53. The molecule has 5 rings (SSSR count).